The van der Waals surface area contributed by atoms with Gasteiger partial charge in [0.25, 0.3) is 11.5 Å². The Hall–Kier alpha value is -4.01. The molecule has 32 heavy (non-hydrogen) atoms. The smallest absolute Gasteiger partial charge is 0.295 e. The summed E-state index contributed by atoms with van der Waals surface area (Å²) in [5.74, 6) is 0.627. The van der Waals surface area contributed by atoms with E-state index in [4.69, 9.17) is 14.3 Å². The number of oxime groups is 1. The number of para-hydroxylation sites is 2. The Bertz CT molecular complexity index is 1240. The van der Waals surface area contributed by atoms with Crippen LogP contribution in [0.4, 0.5) is 5.69 Å². The minimum absolute atomic E-state index is 0.206. The molecule has 0 saturated heterocycles. The fourth-order valence-electron chi connectivity index (χ4n) is 3.71. The predicted molar refractivity (Wildman–Crippen MR) is 120 cm³/mol. The van der Waals surface area contributed by atoms with Crippen LogP contribution in [0, 0.1) is 6.92 Å². The lowest BCUT2D eigenvalue weighted by atomic mass is 10.0. The largest absolute Gasteiger partial charge is 0.493 e. The molecule has 1 N–H and O–H groups in total. The van der Waals surface area contributed by atoms with Gasteiger partial charge < -0.3 is 19.6 Å². The highest BCUT2D eigenvalue weighted by atomic mass is 16.6. The van der Waals surface area contributed by atoms with E-state index in [2.05, 4.69) is 10.5 Å². The van der Waals surface area contributed by atoms with Gasteiger partial charge in [-0.05, 0) is 31.2 Å². The van der Waals surface area contributed by atoms with Crippen molar-refractivity contribution in [2.24, 2.45) is 12.2 Å². The summed E-state index contributed by atoms with van der Waals surface area (Å²) in [7, 11) is 4.86. The molecular weight excluding hydrogens is 412 g/mol. The topological polar surface area (TPSA) is 96.1 Å². The Morgan fingerprint density at radius 3 is 2.56 bits per heavy atom. The molecule has 166 valence electrons. The van der Waals surface area contributed by atoms with E-state index in [1.165, 1.54) is 11.8 Å². The molecule has 1 atom stereocenters. The maximum Gasteiger partial charge on any atom is 0.295 e. The summed E-state index contributed by atoms with van der Waals surface area (Å²) in [5.41, 5.74) is 2.46. The molecule has 9 heteroatoms. The first-order valence-electron chi connectivity index (χ1n) is 10.0. The van der Waals surface area contributed by atoms with Crippen LogP contribution in [0.1, 0.15) is 17.7 Å². The standard InChI is InChI=1S/C23H24N4O5/c1-14-20(23(29)27(26(14)2)15-9-6-5-7-10-15)24-22(28)19-13-17(25-32-19)16-11-8-12-18(30-3)21(16)31-4/h5-12,19H,13H2,1-4H3,(H,24,28). The fourth-order valence-corrected chi connectivity index (χ4v) is 3.71. The number of nitrogens with zero attached hydrogens (tertiary/aromatic N) is 3. The van der Waals surface area contributed by atoms with Crippen molar-refractivity contribution in [1.82, 2.24) is 9.36 Å². The minimum atomic E-state index is -0.870. The molecule has 0 spiro atoms. The van der Waals surface area contributed by atoms with E-state index in [-0.39, 0.29) is 17.7 Å². The number of amides is 1. The molecular formula is C23H24N4O5. The number of carbonyl (C=O) groups is 1. The summed E-state index contributed by atoms with van der Waals surface area (Å²) >= 11 is 0. The average molecular weight is 436 g/mol. The third-order valence-electron chi connectivity index (χ3n) is 5.48. The van der Waals surface area contributed by atoms with Crippen molar-refractivity contribution in [1.29, 1.82) is 0 Å². The molecule has 1 aliphatic heterocycles. The first-order valence-corrected chi connectivity index (χ1v) is 10.0. The lowest BCUT2D eigenvalue weighted by Gasteiger charge is -2.12. The van der Waals surface area contributed by atoms with Gasteiger partial charge in [-0.3, -0.25) is 14.3 Å². The third kappa shape index (κ3) is 3.62. The molecule has 1 amide bonds. The van der Waals surface area contributed by atoms with Crippen LogP contribution >= 0.6 is 0 Å². The molecule has 1 unspecified atom stereocenters. The number of ether oxygens (including phenoxy) is 2. The van der Waals surface area contributed by atoms with Crippen LogP contribution in [0.3, 0.4) is 0 Å². The van der Waals surface area contributed by atoms with Crippen molar-refractivity contribution in [3.8, 4) is 17.2 Å². The van der Waals surface area contributed by atoms with Gasteiger partial charge in [-0.25, -0.2) is 4.68 Å². The van der Waals surface area contributed by atoms with Gasteiger partial charge in [0.2, 0.25) is 6.10 Å². The van der Waals surface area contributed by atoms with Crippen molar-refractivity contribution in [2.75, 3.05) is 19.5 Å². The summed E-state index contributed by atoms with van der Waals surface area (Å²) < 4.78 is 14.0. The lowest BCUT2D eigenvalue weighted by Crippen LogP contribution is -2.30. The second-order valence-corrected chi connectivity index (χ2v) is 7.30. The van der Waals surface area contributed by atoms with Crippen LogP contribution in [0.25, 0.3) is 5.69 Å². The maximum atomic E-state index is 13.0. The molecule has 1 aromatic heterocycles. The Morgan fingerprint density at radius 2 is 1.88 bits per heavy atom. The predicted octanol–water partition coefficient (Wildman–Crippen LogP) is 2.63. The van der Waals surface area contributed by atoms with Crippen LogP contribution in [-0.4, -0.2) is 41.3 Å². The number of hydrogen-bond donors (Lipinski definition) is 1. The maximum absolute atomic E-state index is 13.0. The van der Waals surface area contributed by atoms with Crippen LogP contribution in [0.15, 0.2) is 58.5 Å². The van der Waals surface area contributed by atoms with Gasteiger partial charge in [-0.15, -0.1) is 0 Å². The SMILES string of the molecule is COc1cccc(C2=NOC(C(=O)Nc3c(C)n(C)n(-c4ccccc4)c3=O)C2)c1OC. The van der Waals surface area contributed by atoms with Crippen LogP contribution < -0.4 is 20.3 Å². The molecule has 0 saturated carbocycles. The summed E-state index contributed by atoms with van der Waals surface area (Å²) in [5, 5.41) is 6.81. The van der Waals surface area contributed by atoms with E-state index in [9.17, 15) is 9.59 Å². The van der Waals surface area contributed by atoms with E-state index >= 15 is 0 Å². The molecule has 2 heterocycles. The highest BCUT2D eigenvalue weighted by Crippen LogP contribution is 2.33. The molecule has 2 aromatic carbocycles. The molecule has 0 radical (unpaired) electrons. The molecule has 9 nitrogen and oxygen atoms in total. The van der Waals surface area contributed by atoms with Crippen molar-refractivity contribution in [3.63, 3.8) is 0 Å². The van der Waals surface area contributed by atoms with E-state index in [0.29, 0.717) is 34.2 Å². The molecule has 0 aliphatic carbocycles. The quantitative estimate of drug-likeness (QED) is 0.641. The van der Waals surface area contributed by atoms with Crippen LogP contribution in [-0.2, 0) is 16.7 Å². The van der Waals surface area contributed by atoms with Crippen LogP contribution in [0.2, 0.25) is 0 Å². The number of benzene rings is 2. The number of nitrogens with one attached hydrogen (secondary N) is 1. The zero-order valence-electron chi connectivity index (χ0n) is 18.3. The summed E-state index contributed by atoms with van der Waals surface area (Å²) in [6.07, 6.45) is -0.640. The fraction of sp³-hybridized carbons (Fsp3) is 0.261. The average Bonchev–Trinajstić information content (AvgIpc) is 3.39. The number of carbonyl (C=O) groups excluding carboxylic acids is 1. The number of methoxy groups -OCH3 is 2. The van der Waals surface area contributed by atoms with Crippen LogP contribution in [0.5, 0.6) is 11.5 Å². The number of anilines is 1. The second kappa shape index (κ2) is 8.62. The third-order valence-corrected chi connectivity index (χ3v) is 5.48. The minimum Gasteiger partial charge on any atom is -0.493 e. The van der Waals surface area contributed by atoms with Crippen molar-refractivity contribution >= 4 is 17.3 Å². The van der Waals surface area contributed by atoms with Gasteiger partial charge in [0.05, 0.1) is 31.3 Å². The Balaban J connectivity index is 1.55. The first-order chi connectivity index (χ1) is 15.5. The Kier molecular flexibility index (Phi) is 5.72. The van der Waals surface area contributed by atoms with E-state index < -0.39 is 12.0 Å². The normalized spacial score (nSPS) is 15.1. The Labute approximate surface area is 184 Å². The zero-order valence-corrected chi connectivity index (χ0v) is 18.3. The van der Waals surface area contributed by atoms with Gasteiger partial charge in [-0.2, -0.15) is 0 Å². The monoisotopic (exact) mass is 436 g/mol. The van der Waals surface area contributed by atoms with E-state index in [1.54, 1.807) is 31.8 Å². The van der Waals surface area contributed by atoms with Gasteiger partial charge in [-0.1, -0.05) is 29.4 Å². The van der Waals surface area contributed by atoms with E-state index in [0.717, 1.165) is 0 Å². The molecule has 0 fully saturated rings. The summed E-state index contributed by atoms with van der Waals surface area (Å²) in [6.45, 7) is 1.77. The van der Waals surface area contributed by atoms with E-state index in [1.807, 2.05) is 42.5 Å². The number of rotatable bonds is 6. The second-order valence-electron chi connectivity index (χ2n) is 7.30. The van der Waals surface area contributed by atoms with Gasteiger partial charge >= 0.3 is 0 Å². The van der Waals surface area contributed by atoms with Crippen molar-refractivity contribution in [2.45, 2.75) is 19.4 Å². The number of aromatic nitrogens is 2. The molecule has 1 aliphatic rings. The summed E-state index contributed by atoms with van der Waals surface area (Å²) in [4.78, 5) is 31.3. The lowest BCUT2D eigenvalue weighted by molar-refractivity contribution is -0.125. The van der Waals surface area contributed by atoms with Crippen molar-refractivity contribution < 1.29 is 19.1 Å². The van der Waals surface area contributed by atoms with Gasteiger partial charge in [0.1, 0.15) is 5.69 Å². The first kappa shape index (κ1) is 21.2. The molecule has 0 bridgehead atoms. The summed E-state index contributed by atoms with van der Waals surface area (Å²) in [6, 6.07) is 14.6. The van der Waals surface area contributed by atoms with Crippen molar-refractivity contribution in [3.05, 3.63) is 70.1 Å². The molecule has 4 rings (SSSR count). The number of hydrogen-bond acceptors (Lipinski definition) is 6. The highest BCUT2D eigenvalue weighted by Gasteiger charge is 2.32. The Morgan fingerprint density at radius 1 is 1.12 bits per heavy atom. The highest BCUT2D eigenvalue weighted by molar-refractivity contribution is 6.08. The van der Waals surface area contributed by atoms with Gasteiger partial charge in [0.15, 0.2) is 11.5 Å². The zero-order chi connectivity index (χ0) is 22.8. The molecule has 3 aromatic rings. The van der Waals surface area contributed by atoms with Gasteiger partial charge in [0, 0.05) is 19.0 Å².